The number of nitrogens with zero attached hydrogens (tertiary/aromatic N) is 2. The number of nitrogens with two attached hydrogens (primary N) is 1. The molecule has 1 saturated carbocycles. The van der Waals surface area contributed by atoms with Crippen molar-refractivity contribution in [2.45, 2.75) is 59.4 Å². The first kappa shape index (κ1) is 18.4. The highest BCUT2D eigenvalue weighted by molar-refractivity contribution is 5.80. The molecule has 3 atom stereocenters. The Labute approximate surface area is 131 Å². The molecule has 0 aromatic rings. The molecule has 1 aliphatic rings. The van der Waals surface area contributed by atoms with Gasteiger partial charge in [0.15, 0.2) is 0 Å². The molecular weight excluding hydrogens is 262 g/mol. The summed E-state index contributed by atoms with van der Waals surface area (Å²) in [5.74, 6) is 0.752. The third-order valence-corrected chi connectivity index (χ3v) is 5.05. The Balaban J connectivity index is 2.52. The second-order valence-electron chi connectivity index (χ2n) is 6.40. The van der Waals surface area contributed by atoms with E-state index >= 15 is 0 Å². The molecule has 4 nitrogen and oxygen atoms in total. The lowest BCUT2D eigenvalue weighted by Gasteiger charge is -2.36. The summed E-state index contributed by atoms with van der Waals surface area (Å²) in [7, 11) is 0. The first-order chi connectivity index (χ1) is 10.0. The van der Waals surface area contributed by atoms with Gasteiger partial charge in [-0.2, -0.15) is 0 Å². The van der Waals surface area contributed by atoms with Gasteiger partial charge in [-0.15, -0.1) is 0 Å². The molecule has 1 aliphatic carbocycles. The van der Waals surface area contributed by atoms with Crippen LogP contribution in [0.2, 0.25) is 0 Å². The Bertz CT molecular complexity index is 294. The highest BCUT2D eigenvalue weighted by Gasteiger charge is 2.35. The van der Waals surface area contributed by atoms with E-state index in [1.54, 1.807) is 0 Å². The number of amides is 1. The summed E-state index contributed by atoms with van der Waals surface area (Å²) in [5, 5.41) is 0. The van der Waals surface area contributed by atoms with Crippen LogP contribution < -0.4 is 5.73 Å². The fourth-order valence-electron chi connectivity index (χ4n) is 3.54. The number of carbonyl (C=O) groups is 1. The molecule has 3 unspecified atom stereocenters. The van der Waals surface area contributed by atoms with Crippen LogP contribution in [0, 0.1) is 11.8 Å². The van der Waals surface area contributed by atoms with Gasteiger partial charge in [-0.25, -0.2) is 0 Å². The van der Waals surface area contributed by atoms with E-state index in [1.807, 2.05) is 4.90 Å². The minimum Gasteiger partial charge on any atom is -0.343 e. The second-order valence-corrected chi connectivity index (χ2v) is 6.40. The van der Waals surface area contributed by atoms with Crippen LogP contribution in [0.3, 0.4) is 0 Å². The number of rotatable bonds is 8. The van der Waals surface area contributed by atoms with Crippen molar-refractivity contribution in [2.24, 2.45) is 17.6 Å². The zero-order chi connectivity index (χ0) is 15.8. The summed E-state index contributed by atoms with van der Waals surface area (Å²) in [6.45, 7) is 13.5. The first-order valence-electron chi connectivity index (χ1n) is 8.81. The molecule has 1 amide bonds. The standard InChI is InChI=1S/C17H35N3O/c1-5-19(6-2)12-9-13-20(7-3)17(21)16-14(4)10-8-11-15(16)18/h14-16H,5-13,18H2,1-4H3. The molecule has 0 saturated heterocycles. The van der Waals surface area contributed by atoms with Crippen LogP contribution in [0.25, 0.3) is 0 Å². The summed E-state index contributed by atoms with van der Waals surface area (Å²) in [6, 6.07) is 0.0538. The molecule has 0 aromatic heterocycles. The highest BCUT2D eigenvalue weighted by atomic mass is 16.2. The van der Waals surface area contributed by atoms with Crippen molar-refractivity contribution in [3.63, 3.8) is 0 Å². The molecule has 0 heterocycles. The molecule has 0 bridgehead atoms. The number of hydrogen-bond acceptors (Lipinski definition) is 3. The van der Waals surface area contributed by atoms with Gasteiger partial charge >= 0.3 is 0 Å². The van der Waals surface area contributed by atoms with Crippen LogP contribution in [0.1, 0.15) is 53.4 Å². The van der Waals surface area contributed by atoms with E-state index in [2.05, 4.69) is 32.6 Å². The number of carbonyl (C=O) groups excluding carboxylic acids is 1. The van der Waals surface area contributed by atoms with Gasteiger partial charge in [0.1, 0.15) is 0 Å². The van der Waals surface area contributed by atoms with Crippen molar-refractivity contribution in [3.8, 4) is 0 Å². The minimum atomic E-state index is 0.0344. The molecule has 124 valence electrons. The van der Waals surface area contributed by atoms with E-state index in [9.17, 15) is 4.79 Å². The van der Waals surface area contributed by atoms with E-state index in [0.29, 0.717) is 5.92 Å². The van der Waals surface area contributed by atoms with Gasteiger partial charge in [0, 0.05) is 19.1 Å². The van der Waals surface area contributed by atoms with Crippen molar-refractivity contribution < 1.29 is 4.79 Å². The molecule has 0 aliphatic heterocycles. The summed E-state index contributed by atoms with van der Waals surface area (Å²) in [5.41, 5.74) is 6.23. The fourth-order valence-corrected chi connectivity index (χ4v) is 3.54. The topological polar surface area (TPSA) is 49.6 Å². The van der Waals surface area contributed by atoms with E-state index in [1.165, 1.54) is 6.42 Å². The van der Waals surface area contributed by atoms with Crippen LogP contribution in [-0.2, 0) is 4.79 Å². The van der Waals surface area contributed by atoms with Gasteiger partial charge in [0.25, 0.3) is 0 Å². The lowest BCUT2D eigenvalue weighted by Crippen LogP contribution is -2.49. The molecule has 0 radical (unpaired) electrons. The van der Waals surface area contributed by atoms with Crippen LogP contribution in [0.5, 0.6) is 0 Å². The van der Waals surface area contributed by atoms with Gasteiger partial charge in [-0.1, -0.05) is 27.2 Å². The molecular formula is C17H35N3O. The van der Waals surface area contributed by atoms with Gasteiger partial charge in [-0.3, -0.25) is 4.79 Å². The van der Waals surface area contributed by atoms with Gasteiger partial charge in [0.2, 0.25) is 5.91 Å². The average Bonchev–Trinajstić information content (AvgIpc) is 2.47. The zero-order valence-corrected chi connectivity index (χ0v) is 14.5. The monoisotopic (exact) mass is 297 g/mol. The Morgan fingerprint density at radius 1 is 1.10 bits per heavy atom. The van der Waals surface area contributed by atoms with E-state index in [-0.39, 0.29) is 17.9 Å². The third-order valence-electron chi connectivity index (χ3n) is 5.05. The average molecular weight is 297 g/mol. The molecule has 1 fully saturated rings. The maximum atomic E-state index is 12.8. The Morgan fingerprint density at radius 3 is 2.29 bits per heavy atom. The second kappa shape index (κ2) is 9.42. The van der Waals surface area contributed by atoms with Crippen molar-refractivity contribution in [1.82, 2.24) is 9.80 Å². The lowest BCUT2D eigenvalue weighted by molar-refractivity contribution is -0.138. The summed E-state index contributed by atoms with van der Waals surface area (Å²) < 4.78 is 0. The fraction of sp³-hybridized carbons (Fsp3) is 0.941. The van der Waals surface area contributed by atoms with E-state index in [4.69, 9.17) is 5.73 Å². The lowest BCUT2D eigenvalue weighted by atomic mass is 9.76. The predicted octanol–water partition coefficient (Wildman–Crippen LogP) is 2.33. The molecule has 0 aromatic carbocycles. The van der Waals surface area contributed by atoms with Crippen molar-refractivity contribution >= 4 is 5.91 Å². The van der Waals surface area contributed by atoms with Crippen molar-refractivity contribution in [2.75, 3.05) is 32.7 Å². The smallest absolute Gasteiger partial charge is 0.227 e. The van der Waals surface area contributed by atoms with Gasteiger partial charge in [0.05, 0.1) is 5.92 Å². The maximum absolute atomic E-state index is 12.8. The predicted molar refractivity (Wildman–Crippen MR) is 89.1 cm³/mol. The summed E-state index contributed by atoms with van der Waals surface area (Å²) in [6.07, 6.45) is 4.36. The quantitative estimate of drug-likeness (QED) is 0.748. The SMILES string of the molecule is CCN(CC)CCCN(CC)C(=O)C1C(C)CCCC1N. The largest absolute Gasteiger partial charge is 0.343 e. The van der Waals surface area contributed by atoms with Crippen LogP contribution in [0.4, 0.5) is 0 Å². The maximum Gasteiger partial charge on any atom is 0.227 e. The third kappa shape index (κ3) is 5.26. The minimum absolute atomic E-state index is 0.0344. The summed E-state index contributed by atoms with van der Waals surface area (Å²) in [4.78, 5) is 17.2. The molecule has 21 heavy (non-hydrogen) atoms. The zero-order valence-electron chi connectivity index (χ0n) is 14.5. The normalized spacial score (nSPS) is 26.1. The molecule has 4 heteroatoms. The van der Waals surface area contributed by atoms with Crippen molar-refractivity contribution in [1.29, 1.82) is 0 Å². The first-order valence-corrected chi connectivity index (χ1v) is 8.81. The summed E-state index contributed by atoms with van der Waals surface area (Å²) >= 11 is 0. The van der Waals surface area contributed by atoms with E-state index < -0.39 is 0 Å². The van der Waals surface area contributed by atoms with Crippen LogP contribution in [-0.4, -0.2) is 54.5 Å². The Morgan fingerprint density at radius 2 is 1.76 bits per heavy atom. The number of hydrogen-bond donors (Lipinski definition) is 1. The Hall–Kier alpha value is -0.610. The Kier molecular flexibility index (Phi) is 8.27. The van der Waals surface area contributed by atoms with Crippen LogP contribution in [0.15, 0.2) is 0 Å². The van der Waals surface area contributed by atoms with E-state index in [0.717, 1.165) is 52.0 Å². The molecule has 2 N–H and O–H groups in total. The highest BCUT2D eigenvalue weighted by Crippen LogP contribution is 2.30. The molecule has 0 spiro atoms. The van der Waals surface area contributed by atoms with Gasteiger partial charge < -0.3 is 15.5 Å². The van der Waals surface area contributed by atoms with Crippen LogP contribution >= 0.6 is 0 Å². The molecule has 1 rings (SSSR count). The van der Waals surface area contributed by atoms with Gasteiger partial charge in [-0.05, 0) is 51.7 Å². The van der Waals surface area contributed by atoms with Crippen molar-refractivity contribution in [3.05, 3.63) is 0 Å².